The number of carbonyl (C=O) groups is 1. The quantitative estimate of drug-likeness (QED) is 0.795. The van der Waals surface area contributed by atoms with E-state index in [1.807, 2.05) is 32.3 Å². The third-order valence-electron chi connectivity index (χ3n) is 3.13. The van der Waals surface area contributed by atoms with Crippen LogP contribution in [0.25, 0.3) is 0 Å². The Hall–Kier alpha value is -0.760. The predicted octanol–water partition coefficient (Wildman–Crippen LogP) is 2.18. The number of hydrogen-bond donors (Lipinski definition) is 2. The molecule has 1 aliphatic heterocycles. The first-order chi connectivity index (χ1) is 9.97. The fourth-order valence-electron chi connectivity index (χ4n) is 1.94. The fourth-order valence-corrected chi connectivity index (χ4v) is 3.68. The van der Waals surface area contributed by atoms with Crippen LogP contribution >= 0.6 is 27.7 Å². The van der Waals surface area contributed by atoms with E-state index in [0.29, 0.717) is 12.4 Å². The second-order valence-electron chi connectivity index (χ2n) is 5.11. The van der Waals surface area contributed by atoms with E-state index in [1.54, 1.807) is 11.8 Å². The average Bonchev–Trinajstić information content (AvgIpc) is 2.90. The van der Waals surface area contributed by atoms with Crippen molar-refractivity contribution >= 4 is 33.7 Å². The second-order valence-corrected chi connectivity index (χ2v) is 7.10. The normalized spacial score (nSPS) is 21.7. The van der Waals surface area contributed by atoms with Gasteiger partial charge in [-0.15, -0.1) is 11.8 Å². The summed E-state index contributed by atoms with van der Waals surface area (Å²) >= 11 is 5.12. The number of nitrogens with zero attached hydrogens (tertiary/aromatic N) is 1. The highest BCUT2D eigenvalue weighted by molar-refractivity contribution is 9.10. The average molecular weight is 375 g/mol. The molecule has 2 atom stereocenters. The summed E-state index contributed by atoms with van der Waals surface area (Å²) in [6.07, 6.45) is 0. The van der Waals surface area contributed by atoms with Gasteiger partial charge in [-0.2, -0.15) is 0 Å². The molecule has 0 saturated carbocycles. The predicted molar refractivity (Wildman–Crippen MR) is 87.9 cm³/mol. The molecule has 2 rings (SSSR count). The highest BCUT2D eigenvalue weighted by Crippen LogP contribution is 2.36. The molecular formula is C14H19BrN2O3S. The molecule has 1 saturated heterocycles. The largest absolute Gasteiger partial charge is 0.491 e. The smallest absolute Gasteiger partial charge is 0.321 e. The van der Waals surface area contributed by atoms with E-state index in [9.17, 15) is 4.79 Å². The zero-order valence-corrected chi connectivity index (χ0v) is 14.4. The molecule has 1 fully saturated rings. The Labute approximate surface area is 137 Å². The number of hydrogen-bond acceptors (Lipinski definition) is 5. The van der Waals surface area contributed by atoms with Gasteiger partial charge in [-0.05, 0) is 47.7 Å². The Morgan fingerprint density at radius 2 is 2.33 bits per heavy atom. The van der Waals surface area contributed by atoms with Crippen LogP contribution in [0.4, 0.5) is 0 Å². The summed E-state index contributed by atoms with van der Waals surface area (Å²) in [4.78, 5) is 13.0. The monoisotopic (exact) mass is 374 g/mol. The molecular weight excluding hydrogens is 356 g/mol. The lowest BCUT2D eigenvalue weighted by Crippen LogP contribution is -2.33. The number of carboxylic acid groups (broad SMARTS) is 1. The van der Waals surface area contributed by atoms with Crippen LogP contribution < -0.4 is 10.1 Å². The van der Waals surface area contributed by atoms with Crippen molar-refractivity contribution in [3.05, 3.63) is 28.2 Å². The fraction of sp³-hybridized carbons (Fsp3) is 0.500. The summed E-state index contributed by atoms with van der Waals surface area (Å²) in [7, 11) is 4.01. The topological polar surface area (TPSA) is 61.8 Å². The summed E-state index contributed by atoms with van der Waals surface area (Å²) in [6, 6.07) is 5.41. The Kier molecular flexibility index (Phi) is 5.92. The molecule has 0 aliphatic carbocycles. The standard InChI is InChI=1S/C14H19BrN2O3S/c1-17(2)5-6-20-12-4-3-9(7-10(12)15)13-16-11(8-21-13)14(18)19/h3-4,7,11,13,16H,5-6,8H2,1-2H3,(H,18,19). The molecule has 1 aromatic rings. The third-order valence-corrected chi connectivity index (χ3v) is 5.02. The Balaban J connectivity index is 1.97. The summed E-state index contributed by atoms with van der Waals surface area (Å²) in [6.45, 7) is 1.48. The van der Waals surface area contributed by atoms with E-state index < -0.39 is 12.0 Å². The van der Waals surface area contributed by atoms with Crippen LogP contribution in [0, 0.1) is 0 Å². The highest BCUT2D eigenvalue weighted by atomic mass is 79.9. The molecule has 0 aromatic heterocycles. The lowest BCUT2D eigenvalue weighted by atomic mass is 10.2. The van der Waals surface area contributed by atoms with E-state index in [1.165, 1.54) is 0 Å². The van der Waals surface area contributed by atoms with Crippen LogP contribution in [-0.4, -0.2) is 55.0 Å². The van der Waals surface area contributed by atoms with Crippen LogP contribution in [0.15, 0.2) is 22.7 Å². The van der Waals surface area contributed by atoms with Gasteiger partial charge in [-0.3, -0.25) is 10.1 Å². The van der Waals surface area contributed by atoms with Crippen LogP contribution in [0.1, 0.15) is 10.9 Å². The van der Waals surface area contributed by atoms with Gasteiger partial charge in [0.15, 0.2) is 0 Å². The maximum atomic E-state index is 11.0. The van der Waals surface area contributed by atoms with Gasteiger partial charge in [0.25, 0.3) is 0 Å². The summed E-state index contributed by atoms with van der Waals surface area (Å²) in [5, 5.41) is 12.1. The van der Waals surface area contributed by atoms with Gasteiger partial charge in [-0.1, -0.05) is 6.07 Å². The second kappa shape index (κ2) is 7.49. The van der Waals surface area contributed by atoms with E-state index in [-0.39, 0.29) is 5.37 Å². The van der Waals surface area contributed by atoms with Crippen LogP contribution in [-0.2, 0) is 4.79 Å². The van der Waals surface area contributed by atoms with Crippen molar-refractivity contribution in [2.24, 2.45) is 0 Å². The SMILES string of the molecule is CN(C)CCOc1ccc(C2NC(C(=O)O)CS2)cc1Br. The Morgan fingerprint density at radius 3 is 2.90 bits per heavy atom. The number of benzene rings is 1. The number of halogens is 1. The molecule has 2 N–H and O–H groups in total. The van der Waals surface area contributed by atoms with E-state index in [0.717, 1.165) is 22.3 Å². The van der Waals surface area contributed by atoms with Gasteiger partial charge in [0.1, 0.15) is 18.4 Å². The van der Waals surface area contributed by atoms with Gasteiger partial charge >= 0.3 is 5.97 Å². The number of nitrogens with one attached hydrogen (secondary N) is 1. The zero-order valence-electron chi connectivity index (χ0n) is 12.0. The summed E-state index contributed by atoms with van der Waals surface area (Å²) in [5.41, 5.74) is 1.05. The first-order valence-electron chi connectivity index (χ1n) is 6.65. The summed E-state index contributed by atoms with van der Waals surface area (Å²) in [5.74, 6) is 0.588. The minimum atomic E-state index is -0.798. The van der Waals surface area contributed by atoms with Crippen molar-refractivity contribution in [2.75, 3.05) is 33.0 Å². The lowest BCUT2D eigenvalue weighted by molar-refractivity contribution is -0.138. The molecule has 0 spiro atoms. The van der Waals surface area contributed by atoms with E-state index >= 15 is 0 Å². The minimum absolute atomic E-state index is 0.0122. The van der Waals surface area contributed by atoms with Crippen molar-refractivity contribution in [2.45, 2.75) is 11.4 Å². The number of likely N-dealkylation sites (N-methyl/N-ethyl adjacent to an activating group) is 1. The third kappa shape index (κ3) is 4.60. The van der Waals surface area contributed by atoms with Crippen molar-refractivity contribution in [1.29, 1.82) is 0 Å². The maximum Gasteiger partial charge on any atom is 0.321 e. The van der Waals surface area contributed by atoms with Gasteiger partial charge in [-0.25, -0.2) is 0 Å². The van der Waals surface area contributed by atoms with Crippen molar-refractivity contribution < 1.29 is 14.6 Å². The molecule has 0 bridgehead atoms. The number of ether oxygens (including phenoxy) is 1. The van der Waals surface area contributed by atoms with Crippen LogP contribution in [0.3, 0.4) is 0 Å². The van der Waals surface area contributed by atoms with E-state index in [4.69, 9.17) is 9.84 Å². The number of thioether (sulfide) groups is 1. The highest BCUT2D eigenvalue weighted by Gasteiger charge is 2.30. The summed E-state index contributed by atoms with van der Waals surface area (Å²) < 4.78 is 6.60. The van der Waals surface area contributed by atoms with E-state index in [2.05, 4.69) is 26.1 Å². The number of rotatable bonds is 6. The molecule has 0 radical (unpaired) electrons. The van der Waals surface area contributed by atoms with Crippen LogP contribution in [0.2, 0.25) is 0 Å². The number of aliphatic carboxylic acids is 1. The molecule has 1 heterocycles. The molecule has 5 nitrogen and oxygen atoms in total. The van der Waals surface area contributed by atoms with Crippen LogP contribution in [0.5, 0.6) is 5.75 Å². The van der Waals surface area contributed by atoms with Gasteiger partial charge < -0.3 is 14.7 Å². The first-order valence-corrected chi connectivity index (χ1v) is 8.49. The van der Waals surface area contributed by atoms with Crippen molar-refractivity contribution in [3.8, 4) is 5.75 Å². The lowest BCUT2D eigenvalue weighted by Gasteiger charge is -2.15. The van der Waals surface area contributed by atoms with Crippen molar-refractivity contribution in [1.82, 2.24) is 10.2 Å². The molecule has 2 unspecified atom stereocenters. The molecule has 116 valence electrons. The zero-order chi connectivity index (χ0) is 15.4. The molecule has 7 heteroatoms. The number of carboxylic acids is 1. The maximum absolute atomic E-state index is 11.0. The molecule has 0 amide bonds. The molecule has 21 heavy (non-hydrogen) atoms. The first kappa shape index (κ1) is 16.6. The van der Waals surface area contributed by atoms with Gasteiger partial charge in [0.2, 0.25) is 0 Å². The van der Waals surface area contributed by atoms with Gasteiger partial charge in [0.05, 0.1) is 9.85 Å². The van der Waals surface area contributed by atoms with Crippen molar-refractivity contribution in [3.63, 3.8) is 0 Å². The molecule has 1 aromatic carbocycles. The Morgan fingerprint density at radius 1 is 1.57 bits per heavy atom. The Bertz CT molecular complexity index is 513. The van der Waals surface area contributed by atoms with Gasteiger partial charge in [0, 0.05) is 12.3 Å². The molecule has 1 aliphatic rings. The minimum Gasteiger partial charge on any atom is -0.491 e.